The summed E-state index contributed by atoms with van der Waals surface area (Å²) in [6.45, 7) is 9.08. The molecule has 5 nitrogen and oxygen atoms in total. The molecule has 0 spiro atoms. The minimum Gasteiger partial charge on any atom is -0.444 e. The number of ether oxygens (including phenoxy) is 1. The van der Waals surface area contributed by atoms with Gasteiger partial charge in [0.1, 0.15) is 11.1 Å². The highest BCUT2D eigenvalue weighted by Gasteiger charge is 2.29. The standard InChI is InChI=1S/C24H28N2O3/c1-16-5-7-17(8-6-16)19-9-10-21-20(15-19)25-22(28-21)18-11-13-26(14-12-18)23(27)29-24(2,3)4/h5-10,15,18H,11-14H2,1-4H3. The van der Waals surface area contributed by atoms with E-state index < -0.39 is 5.60 Å². The number of nitrogens with zero attached hydrogens (tertiary/aromatic N) is 2. The van der Waals surface area contributed by atoms with Crippen molar-refractivity contribution in [1.29, 1.82) is 0 Å². The molecule has 1 aliphatic rings. The number of hydrogen-bond acceptors (Lipinski definition) is 4. The van der Waals surface area contributed by atoms with Gasteiger partial charge in [-0.15, -0.1) is 0 Å². The van der Waals surface area contributed by atoms with Gasteiger partial charge in [-0.3, -0.25) is 0 Å². The summed E-state index contributed by atoms with van der Waals surface area (Å²) in [5.74, 6) is 0.994. The summed E-state index contributed by atoms with van der Waals surface area (Å²) in [6.07, 6.45) is 1.42. The van der Waals surface area contributed by atoms with Gasteiger partial charge in [0, 0.05) is 19.0 Å². The number of carbonyl (C=O) groups is 1. The summed E-state index contributed by atoms with van der Waals surface area (Å²) >= 11 is 0. The van der Waals surface area contributed by atoms with Gasteiger partial charge in [0.15, 0.2) is 11.5 Å². The Morgan fingerprint density at radius 1 is 1.07 bits per heavy atom. The Labute approximate surface area is 171 Å². The number of hydrogen-bond donors (Lipinski definition) is 0. The molecule has 1 amide bonds. The van der Waals surface area contributed by atoms with E-state index in [4.69, 9.17) is 14.1 Å². The molecule has 2 aromatic carbocycles. The topological polar surface area (TPSA) is 55.6 Å². The lowest BCUT2D eigenvalue weighted by molar-refractivity contribution is 0.0199. The van der Waals surface area contributed by atoms with Crippen molar-refractivity contribution in [3.63, 3.8) is 0 Å². The van der Waals surface area contributed by atoms with Crippen LogP contribution in [0.15, 0.2) is 46.9 Å². The number of benzene rings is 2. The molecule has 29 heavy (non-hydrogen) atoms. The van der Waals surface area contributed by atoms with Crippen LogP contribution in [0.5, 0.6) is 0 Å². The quantitative estimate of drug-likeness (QED) is 0.543. The number of amides is 1. The van der Waals surface area contributed by atoms with Gasteiger partial charge < -0.3 is 14.1 Å². The third-order valence-corrected chi connectivity index (χ3v) is 5.28. The van der Waals surface area contributed by atoms with Crippen molar-refractivity contribution in [3.8, 4) is 11.1 Å². The van der Waals surface area contributed by atoms with E-state index in [9.17, 15) is 4.79 Å². The Bertz CT molecular complexity index is 1010. The van der Waals surface area contributed by atoms with Gasteiger partial charge in [-0.1, -0.05) is 35.9 Å². The summed E-state index contributed by atoms with van der Waals surface area (Å²) in [4.78, 5) is 18.8. The van der Waals surface area contributed by atoms with Crippen LogP contribution in [0.2, 0.25) is 0 Å². The van der Waals surface area contributed by atoms with Gasteiger partial charge in [-0.05, 0) is 63.8 Å². The van der Waals surface area contributed by atoms with Crippen LogP contribution in [0.3, 0.4) is 0 Å². The molecule has 0 unspecified atom stereocenters. The van der Waals surface area contributed by atoms with Gasteiger partial charge >= 0.3 is 6.09 Å². The van der Waals surface area contributed by atoms with Crippen molar-refractivity contribution >= 4 is 17.2 Å². The van der Waals surface area contributed by atoms with E-state index in [0.29, 0.717) is 13.1 Å². The fraction of sp³-hybridized carbons (Fsp3) is 0.417. The highest BCUT2D eigenvalue weighted by atomic mass is 16.6. The molecule has 152 valence electrons. The number of aromatic nitrogens is 1. The second-order valence-corrected chi connectivity index (χ2v) is 8.84. The number of oxazole rings is 1. The maximum absolute atomic E-state index is 12.3. The average molecular weight is 392 g/mol. The zero-order valence-corrected chi connectivity index (χ0v) is 17.6. The first-order valence-corrected chi connectivity index (χ1v) is 10.2. The Kier molecular flexibility index (Phi) is 5.07. The van der Waals surface area contributed by atoms with E-state index in [1.807, 2.05) is 26.8 Å². The van der Waals surface area contributed by atoms with Crippen LogP contribution < -0.4 is 0 Å². The molecule has 0 N–H and O–H groups in total. The van der Waals surface area contributed by atoms with Crippen LogP contribution in [0.1, 0.15) is 51.0 Å². The Morgan fingerprint density at radius 3 is 2.38 bits per heavy atom. The number of aryl methyl sites for hydroxylation is 1. The zero-order chi connectivity index (χ0) is 20.6. The summed E-state index contributed by atoms with van der Waals surface area (Å²) in [5, 5.41) is 0. The smallest absolute Gasteiger partial charge is 0.410 e. The second kappa shape index (κ2) is 7.54. The molecule has 4 rings (SSSR count). The minimum atomic E-state index is -0.469. The lowest BCUT2D eigenvalue weighted by atomic mass is 9.97. The number of piperidine rings is 1. The van der Waals surface area contributed by atoms with Crippen molar-refractivity contribution < 1.29 is 13.9 Å². The van der Waals surface area contributed by atoms with Crippen molar-refractivity contribution in [2.75, 3.05) is 13.1 Å². The van der Waals surface area contributed by atoms with Gasteiger partial charge in [0.2, 0.25) is 0 Å². The van der Waals surface area contributed by atoms with Gasteiger partial charge in [-0.2, -0.15) is 0 Å². The Hall–Kier alpha value is -2.82. The molecule has 1 saturated heterocycles. The van der Waals surface area contributed by atoms with E-state index in [0.717, 1.165) is 35.4 Å². The molecular weight excluding hydrogens is 364 g/mol. The van der Waals surface area contributed by atoms with Gasteiger partial charge in [0.05, 0.1) is 0 Å². The molecule has 1 fully saturated rings. The molecule has 2 heterocycles. The summed E-state index contributed by atoms with van der Waals surface area (Å²) in [5.41, 5.74) is 4.78. The predicted molar refractivity (Wildman–Crippen MR) is 114 cm³/mol. The fourth-order valence-electron chi connectivity index (χ4n) is 3.68. The SMILES string of the molecule is Cc1ccc(-c2ccc3oc(C4CCN(C(=O)OC(C)(C)C)CC4)nc3c2)cc1. The molecule has 0 aliphatic carbocycles. The number of carbonyl (C=O) groups excluding carboxylic acids is 1. The summed E-state index contributed by atoms with van der Waals surface area (Å²) < 4.78 is 11.5. The molecular formula is C24H28N2O3. The monoisotopic (exact) mass is 392 g/mol. The van der Waals surface area contributed by atoms with E-state index in [1.165, 1.54) is 11.1 Å². The largest absolute Gasteiger partial charge is 0.444 e. The second-order valence-electron chi connectivity index (χ2n) is 8.84. The van der Waals surface area contributed by atoms with Crippen LogP contribution in [-0.2, 0) is 4.74 Å². The third kappa shape index (κ3) is 4.44. The maximum Gasteiger partial charge on any atom is 0.410 e. The lowest BCUT2D eigenvalue weighted by Gasteiger charge is -2.32. The molecule has 1 aliphatic heterocycles. The Morgan fingerprint density at radius 2 is 1.72 bits per heavy atom. The molecule has 1 aromatic heterocycles. The lowest BCUT2D eigenvalue weighted by Crippen LogP contribution is -2.41. The molecule has 3 aromatic rings. The maximum atomic E-state index is 12.3. The van der Waals surface area contributed by atoms with E-state index in [-0.39, 0.29) is 12.0 Å². The Balaban J connectivity index is 1.46. The molecule has 0 atom stereocenters. The van der Waals surface area contributed by atoms with Gasteiger partial charge in [-0.25, -0.2) is 9.78 Å². The van der Waals surface area contributed by atoms with Gasteiger partial charge in [0.25, 0.3) is 0 Å². The van der Waals surface area contributed by atoms with Crippen LogP contribution in [0.25, 0.3) is 22.2 Å². The highest BCUT2D eigenvalue weighted by Crippen LogP contribution is 2.32. The number of likely N-dealkylation sites (tertiary alicyclic amines) is 1. The molecule has 0 saturated carbocycles. The van der Waals surface area contributed by atoms with Crippen molar-refractivity contribution in [2.45, 2.75) is 52.1 Å². The van der Waals surface area contributed by atoms with Crippen molar-refractivity contribution in [3.05, 3.63) is 53.9 Å². The highest BCUT2D eigenvalue weighted by molar-refractivity contribution is 5.80. The molecule has 5 heteroatoms. The van der Waals surface area contributed by atoms with Crippen LogP contribution in [-0.4, -0.2) is 34.7 Å². The van der Waals surface area contributed by atoms with Crippen molar-refractivity contribution in [2.24, 2.45) is 0 Å². The zero-order valence-electron chi connectivity index (χ0n) is 17.6. The average Bonchev–Trinajstić information content (AvgIpc) is 3.11. The fourth-order valence-corrected chi connectivity index (χ4v) is 3.68. The van der Waals surface area contributed by atoms with Crippen molar-refractivity contribution in [1.82, 2.24) is 9.88 Å². The molecule has 0 bridgehead atoms. The van der Waals surface area contributed by atoms with E-state index in [1.54, 1.807) is 4.90 Å². The molecule has 0 radical (unpaired) electrons. The number of rotatable bonds is 2. The first-order valence-electron chi connectivity index (χ1n) is 10.2. The minimum absolute atomic E-state index is 0.226. The number of fused-ring (bicyclic) bond motifs is 1. The summed E-state index contributed by atoms with van der Waals surface area (Å²) in [6, 6.07) is 14.7. The first kappa shape index (κ1) is 19.5. The van der Waals surface area contributed by atoms with E-state index >= 15 is 0 Å². The van der Waals surface area contributed by atoms with Crippen LogP contribution in [0.4, 0.5) is 4.79 Å². The predicted octanol–water partition coefficient (Wildman–Crippen LogP) is 5.92. The van der Waals surface area contributed by atoms with E-state index in [2.05, 4.69) is 43.3 Å². The van der Waals surface area contributed by atoms with Crippen LogP contribution >= 0.6 is 0 Å². The van der Waals surface area contributed by atoms with Crippen LogP contribution in [0, 0.1) is 6.92 Å². The summed E-state index contributed by atoms with van der Waals surface area (Å²) in [7, 11) is 0. The first-order chi connectivity index (χ1) is 13.8. The normalized spacial score (nSPS) is 15.7. The third-order valence-electron chi connectivity index (χ3n) is 5.28.